The van der Waals surface area contributed by atoms with Crippen LogP contribution in [0.15, 0.2) is 52.5 Å². The zero-order valence-corrected chi connectivity index (χ0v) is 16.1. The number of rotatable bonds is 6. The number of phenolic OH excluding ortho intramolecular Hbond substituents is 1. The van der Waals surface area contributed by atoms with Crippen molar-refractivity contribution in [1.29, 1.82) is 5.26 Å². The number of halogens is 1. The van der Waals surface area contributed by atoms with E-state index in [1.807, 2.05) is 43.3 Å². The number of nitrogens with one attached hydrogen (secondary N) is 1. The van der Waals surface area contributed by atoms with Gasteiger partial charge in [-0.3, -0.25) is 4.79 Å². The third kappa shape index (κ3) is 4.87. The molecule has 0 heterocycles. The molecule has 0 aromatic heterocycles. The SMILES string of the molecule is CCOc1cc(/C=C(/C#N)C(=O)N[C@H](C)c2ccccc2)c(Br)cc1O. The summed E-state index contributed by atoms with van der Waals surface area (Å²) in [5.41, 5.74) is 1.47. The molecular formula is C20H19BrN2O3. The van der Waals surface area contributed by atoms with E-state index in [0.29, 0.717) is 16.6 Å². The van der Waals surface area contributed by atoms with Crippen LogP contribution in [0.25, 0.3) is 6.08 Å². The first-order valence-electron chi connectivity index (χ1n) is 8.09. The smallest absolute Gasteiger partial charge is 0.262 e. The molecule has 0 aliphatic carbocycles. The summed E-state index contributed by atoms with van der Waals surface area (Å²) in [5.74, 6) is -0.198. The predicted molar refractivity (Wildman–Crippen MR) is 104 cm³/mol. The van der Waals surface area contributed by atoms with Gasteiger partial charge in [0.15, 0.2) is 11.5 Å². The molecule has 2 rings (SSSR count). The summed E-state index contributed by atoms with van der Waals surface area (Å²) in [4.78, 5) is 12.5. The van der Waals surface area contributed by atoms with Crippen LogP contribution in [0.5, 0.6) is 11.5 Å². The lowest BCUT2D eigenvalue weighted by Gasteiger charge is -2.14. The Morgan fingerprint density at radius 1 is 1.38 bits per heavy atom. The van der Waals surface area contributed by atoms with Crippen LogP contribution < -0.4 is 10.1 Å². The van der Waals surface area contributed by atoms with Crippen molar-refractivity contribution in [3.8, 4) is 17.6 Å². The molecule has 0 fully saturated rings. The van der Waals surface area contributed by atoms with E-state index in [1.165, 1.54) is 12.1 Å². The fraction of sp³-hybridized carbons (Fsp3) is 0.200. The van der Waals surface area contributed by atoms with Crippen LogP contribution in [-0.4, -0.2) is 17.6 Å². The van der Waals surface area contributed by atoms with Gasteiger partial charge in [0.1, 0.15) is 11.6 Å². The summed E-state index contributed by atoms with van der Waals surface area (Å²) in [6, 6.07) is 14.2. The minimum Gasteiger partial charge on any atom is -0.504 e. The standard InChI is InChI=1S/C20H19BrN2O3/c1-3-26-19-10-15(17(21)11-18(19)24)9-16(12-22)20(25)23-13(2)14-7-5-4-6-8-14/h4-11,13,24H,3H2,1-2H3,(H,23,25)/b16-9-/t13-/m1/s1. The Balaban J connectivity index is 2.26. The second-order valence-corrected chi connectivity index (χ2v) is 6.40. The average molecular weight is 415 g/mol. The van der Waals surface area contributed by atoms with Crippen LogP contribution in [0.3, 0.4) is 0 Å². The molecule has 0 unspecified atom stereocenters. The normalized spacial score (nSPS) is 12.2. The van der Waals surface area contributed by atoms with Gasteiger partial charge in [-0.25, -0.2) is 0 Å². The highest BCUT2D eigenvalue weighted by molar-refractivity contribution is 9.10. The number of phenols is 1. The van der Waals surface area contributed by atoms with E-state index < -0.39 is 5.91 Å². The number of ether oxygens (including phenoxy) is 1. The summed E-state index contributed by atoms with van der Waals surface area (Å²) in [6.07, 6.45) is 1.46. The van der Waals surface area contributed by atoms with E-state index in [-0.39, 0.29) is 23.1 Å². The summed E-state index contributed by atoms with van der Waals surface area (Å²) >= 11 is 3.33. The van der Waals surface area contributed by atoms with Crippen LogP contribution in [0, 0.1) is 11.3 Å². The number of benzene rings is 2. The summed E-state index contributed by atoms with van der Waals surface area (Å²) in [6.45, 7) is 4.04. The lowest BCUT2D eigenvalue weighted by atomic mass is 10.1. The third-order valence-corrected chi connectivity index (χ3v) is 4.38. The van der Waals surface area contributed by atoms with Gasteiger partial charge in [-0.2, -0.15) is 5.26 Å². The number of carbonyl (C=O) groups excluding carboxylic acids is 1. The van der Waals surface area contributed by atoms with Gasteiger partial charge in [0.05, 0.1) is 12.6 Å². The number of nitrogens with zero attached hydrogens (tertiary/aromatic N) is 1. The Morgan fingerprint density at radius 2 is 2.08 bits per heavy atom. The lowest BCUT2D eigenvalue weighted by Crippen LogP contribution is -2.27. The Morgan fingerprint density at radius 3 is 2.69 bits per heavy atom. The molecule has 0 radical (unpaired) electrons. The number of nitriles is 1. The molecule has 0 aliphatic rings. The molecule has 2 N–H and O–H groups in total. The third-order valence-electron chi connectivity index (χ3n) is 3.69. The number of carbonyl (C=O) groups is 1. The second kappa shape index (κ2) is 9.07. The molecule has 0 saturated carbocycles. The van der Waals surface area contributed by atoms with Crippen molar-refractivity contribution in [1.82, 2.24) is 5.32 Å². The minimum atomic E-state index is -0.471. The van der Waals surface area contributed by atoms with Gasteiger partial charge in [-0.15, -0.1) is 0 Å². The van der Waals surface area contributed by atoms with E-state index in [9.17, 15) is 15.2 Å². The molecule has 1 amide bonds. The van der Waals surface area contributed by atoms with Crippen molar-refractivity contribution in [3.63, 3.8) is 0 Å². The molecule has 26 heavy (non-hydrogen) atoms. The number of hydrogen-bond donors (Lipinski definition) is 2. The zero-order chi connectivity index (χ0) is 19.1. The van der Waals surface area contributed by atoms with E-state index in [1.54, 1.807) is 13.0 Å². The summed E-state index contributed by atoms with van der Waals surface area (Å²) in [5, 5.41) is 22.1. The van der Waals surface area contributed by atoms with Crippen molar-refractivity contribution in [2.24, 2.45) is 0 Å². The zero-order valence-electron chi connectivity index (χ0n) is 14.5. The fourth-order valence-electron chi connectivity index (χ4n) is 2.34. The molecule has 5 nitrogen and oxygen atoms in total. The molecule has 2 aromatic carbocycles. The Labute approximate surface area is 161 Å². The van der Waals surface area contributed by atoms with E-state index in [2.05, 4.69) is 21.2 Å². The highest BCUT2D eigenvalue weighted by Crippen LogP contribution is 2.33. The highest BCUT2D eigenvalue weighted by atomic mass is 79.9. The number of aromatic hydroxyl groups is 1. The number of amides is 1. The summed E-state index contributed by atoms with van der Waals surface area (Å²) in [7, 11) is 0. The summed E-state index contributed by atoms with van der Waals surface area (Å²) < 4.78 is 5.90. The highest BCUT2D eigenvalue weighted by Gasteiger charge is 2.15. The first kappa shape index (κ1) is 19.5. The lowest BCUT2D eigenvalue weighted by molar-refractivity contribution is -0.117. The maximum atomic E-state index is 12.5. The Kier molecular flexibility index (Phi) is 6.81. The number of hydrogen-bond acceptors (Lipinski definition) is 4. The Bertz CT molecular complexity index is 857. The molecule has 0 saturated heterocycles. The minimum absolute atomic E-state index is 0.0171. The maximum Gasteiger partial charge on any atom is 0.262 e. The van der Waals surface area contributed by atoms with Crippen LogP contribution in [0.1, 0.15) is 31.0 Å². The largest absolute Gasteiger partial charge is 0.504 e. The van der Waals surface area contributed by atoms with Crippen LogP contribution in [-0.2, 0) is 4.79 Å². The topological polar surface area (TPSA) is 82.3 Å². The molecule has 1 atom stereocenters. The Hall–Kier alpha value is -2.78. The molecule has 134 valence electrons. The van der Waals surface area contributed by atoms with Crippen LogP contribution >= 0.6 is 15.9 Å². The van der Waals surface area contributed by atoms with E-state index in [0.717, 1.165) is 5.56 Å². The van der Waals surface area contributed by atoms with Crippen molar-refractivity contribution in [3.05, 3.63) is 63.6 Å². The van der Waals surface area contributed by atoms with Crippen molar-refractivity contribution in [2.45, 2.75) is 19.9 Å². The second-order valence-electron chi connectivity index (χ2n) is 5.55. The first-order valence-corrected chi connectivity index (χ1v) is 8.88. The molecule has 6 heteroatoms. The van der Waals surface area contributed by atoms with Gasteiger partial charge < -0.3 is 15.2 Å². The van der Waals surface area contributed by atoms with Crippen LogP contribution in [0.4, 0.5) is 0 Å². The van der Waals surface area contributed by atoms with Gasteiger partial charge in [-0.1, -0.05) is 46.3 Å². The van der Waals surface area contributed by atoms with E-state index in [4.69, 9.17) is 4.74 Å². The van der Waals surface area contributed by atoms with Gasteiger partial charge in [0.2, 0.25) is 0 Å². The molecule has 0 aliphatic heterocycles. The average Bonchev–Trinajstić information content (AvgIpc) is 2.63. The van der Waals surface area contributed by atoms with Crippen molar-refractivity contribution >= 4 is 27.9 Å². The van der Waals surface area contributed by atoms with Crippen molar-refractivity contribution in [2.75, 3.05) is 6.61 Å². The van der Waals surface area contributed by atoms with Gasteiger partial charge in [-0.05, 0) is 43.2 Å². The molecule has 0 bridgehead atoms. The van der Waals surface area contributed by atoms with E-state index >= 15 is 0 Å². The van der Waals surface area contributed by atoms with Crippen LogP contribution in [0.2, 0.25) is 0 Å². The maximum absolute atomic E-state index is 12.5. The quantitative estimate of drug-likeness (QED) is 0.543. The molecule has 2 aromatic rings. The fourth-order valence-corrected chi connectivity index (χ4v) is 2.79. The molecular weight excluding hydrogens is 396 g/mol. The van der Waals surface area contributed by atoms with Gasteiger partial charge in [0, 0.05) is 4.47 Å². The van der Waals surface area contributed by atoms with Gasteiger partial charge in [0.25, 0.3) is 5.91 Å². The predicted octanol–water partition coefficient (Wildman–Crippen LogP) is 4.34. The molecule has 0 spiro atoms. The van der Waals surface area contributed by atoms with Gasteiger partial charge >= 0.3 is 0 Å². The first-order chi connectivity index (χ1) is 12.5. The van der Waals surface area contributed by atoms with Crippen molar-refractivity contribution < 1.29 is 14.6 Å². The monoisotopic (exact) mass is 414 g/mol.